The summed E-state index contributed by atoms with van der Waals surface area (Å²) in [7, 11) is 1.61. The number of nitrogens with zero attached hydrogens (tertiary/aromatic N) is 2. The highest BCUT2D eigenvalue weighted by atomic mass is 32.2. The van der Waals surface area contributed by atoms with Gasteiger partial charge in [0.05, 0.1) is 13.3 Å². The first kappa shape index (κ1) is 19.0. The molecule has 0 spiro atoms. The molecule has 2 rings (SSSR count). The maximum Gasteiger partial charge on any atom is 0.240 e. The molecule has 1 aromatic rings. The third-order valence-electron chi connectivity index (χ3n) is 3.47. The number of hydrogen-bond acceptors (Lipinski definition) is 6. The highest BCUT2D eigenvalue weighted by Gasteiger charge is 2.32. The predicted molar refractivity (Wildman–Crippen MR) is 100 cm³/mol. The number of hydrogen-bond donors (Lipinski definition) is 2. The molecular weight excluding hydrogens is 340 g/mol. The van der Waals surface area contributed by atoms with Crippen LogP contribution in [0.2, 0.25) is 0 Å². The van der Waals surface area contributed by atoms with Crippen molar-refractivity contribution in [2.75, 3.05) is 13.7 Å². The van der Waals surface area contributed by atoms with Crippen LogP contribution in [0.3, 0.4) is 0 Å². The van der Waals surface area contributed by atoms with E-state index in [1.54, 1.807) is 13.3 Å². The van der Waals surface area contributed by atoms with Gasteiger partial charge in [-0.1, -0.05) is 25.1 Å². The Balaban J connectivity index is 1.84. The van der Waals surface area contributed by atoms with Gasteiger partial charge in [0, 0.05) is 13.0 Å². The number of carbonyl (C=O) groups excluding carboxylic acids is 2. The molecule has 1 aromatic carbocycles. The Morgan fingerprint density at radius 3 is 2.84 bits per heavy atom. The van der Waals surface area contributed by atoms with E-state index >= 15 is 0 Å². The van der Waals surface area contributed by atoms with Crippen molar-refractivity contribution in [2.45, 2.75) is 31.4 Å². The summed E-state index contributed by atoms with van der Waals surface area (Å²) in [6.45, 7) is 2.70. The number of amidine groups is 1. The van der Waals surface area contributed by atoms with Crippen molar-refractivity contribution in [2.24, 2.45) is 10.2 Å². The number of benzene rings is 1. The van der Waals surface area contributed by atoms with Gasteiger partial charge in [0.25, 0.3) is 0 Å². The quantitative estimate of drug-likeness (QED) is 0.420. The molecule has 2 amide bonds. The van der Waals surface area contributed by atoms with E-state index in [-0.39, 0.29) is 18.2 Å². The molecule has 0 saturated carbocycles. The van der Waals surface area contributed by atoms with Gasteiger partial charge in [-0.05, 0) is 36.2 Å². The zero-order valence-electron chi connectivity index (χ0n) is 14.3. The van der Waals surface area contributed by atoms with Crippen LogP contribution >= 0.6 is 11.8 Å². The molecular formula is C17H22N4O3S. The smallest absolute Gasteiger partial charge is 0.240 e. The lowest BCUT2D eigenvalue weighted by Gasteiger charge is -2.06. The molecule has 0 bridgehead atoms. The standard InChI is InChI=1S/C17H22N4O3S/c1-3-4-9-18-15(22)10-14-16(23)20-17(25-14)21-19-11-12-5-7-13(24-2)8-6-12/h5-8,11,14H,3-4,9-10H2,1-2H3,(H,18,22)(H,20,21,23)/b19-11-/t14-/m1/s1. The Morgan fingerprint density at radius 2 is 2.16 bits per heavy atom. The SMILES string of the molecule is CCCCNC(=O)C[C@H]1S/C(=N\N=C/c2ccc(OC)cc2)NC1=O. The van der Waals surface area contributed by atoms with Gasteiger partial charge in [-0.15, -0.1) is 5.10 Å². The summed E-state index contributed by atoms with van der Waals surface area (Å²) in [5, 5.41) is 13.4. The van der Waals surface area contributed by atoms with Crippen molar-refractivity contribution in [3.8, 4) is 5.75 Å². The Morgan fingerprint density at radius 1 is 1.40 bits per heavy atom. The number of thioether (sulfide) groups is 1. The lowest BCUT2D eigenvalue weighted by atomic mass is 10.2. The maximum absolute atomic E-state index is 11.9. The Kier molecular flexibility index (Phi) is 7.46. The summed E-state index contributed by atoms with van der Waals surface area (Å²) >= 11 is 1.22. The summed E-state index contributed by atoms with van der Waals surface area (Å²) in [6, 6.07) is 7.36. The first-order chi connectivity index (χ1) is 12.1. The summed E-state index contributed by atoms with van der Waals surface area (Å²) < 4.78 is 5.09. The van der Waals surface area contributed by atoms with E-state index in [1.807, 2.05) is 24.3 Å². The lowest BCUT2D eigenvalue weighted by molar-refractivity contribution is -0.125. The van der Waals surface area contributed by atoms with Crippen LogP contribution in [0.1, 0.15) is 31.7 Å². The van der Waals surface area contributed by atoms with E-state index in [0.29, 0.717) is 11.7 Å². The van der Waals surface area contributed by atoms with Gasteiger partial charge in [-0.25, -0.2) is 0 Å². The minimum Gasteiger partial charge on any atom is -0.497 e. The molecule has 0 unspecified atom stereocenters. The van der Waals surface area contributed by atoms with Crippen molar-refractivity contribution in [1.82, 2.24) is 10.6 Å². The summed E-state index contributed by atoms with van der Waals surface area (Å²) in [4.78, 5) is 23.7. The topological polar surface area (TPSA) is 92.2 Å². The maximum atomic E-state index is 11.9. The minimum absolute atomic E-state index is 0.121. The largest absolute Gasteiger partial charge is 0.497 e. The number of unbranched alkanes of at least 4 members (excludes halogenated alkanes) is 1. The van der Waals surface area contributed by atoms with Crippen molar-refractivity contribution in [1.29, 1.82) is 0 Å². The zero-order valence-corrected chi connectivity index (χ0v) is 15.1. The molecule has 0 aliphatic carbocycles. The molecule has 7 nitrogen and oxygen atoms in total. The fourth-order valence-corrected chi connectivity index (χ4v) is 2.99. The second-order valence-corrected chi connectivity index (χ2v) is 6.62. The Hall–Kier alpha value is -2.35. The number of ether oxygens (including phenoxy) is 1. The molecule has 1 saturated heterocycles. The van der Waals surface area contributed by atoms with Crippen LogP contribution in [0.15, 0.2) is 34.5 Å². The zero-order chi connectivity index (χ0) is 18.1. The van der Waals surface area contributed by atoms with Gasteiger partial charge < -0.3 is 15.4 Å². The molecule has 1 heterocycles. The first-order valence-electron chi connectivity index (χ1n) is 8.11. The van der Waals surface area contributed by atoms with Gasteiger partial charge in [-0.2, -0.15) is 5.10 Å². The molecule has 8 heteroatoms. The van der Waals surface area contributed by atoms with Crippen LogP contribution in [0, 0.1) is 0 Å². The third-order valence-corrected chi connectivity index (χ3v) is 4.54. The van der Waals surface area contributed by atoms with Crippen LogP contribution in [0.4, 0.5) is 0 Å². The normalized spacial score (nSPS) is 18.6. The van der Waals surface area contributed by atoms with Gasteiger partial charge in [0.1, 0.15) is 11.0 Å². The molecule has 1 aliphatic rings. The monoisotopic (exact) mass is 362 g/mol. The fraction of sp³-hybridized carbons (Fsp3) is 0.412. The summed E-state index contributed by atoms with van der Waals surface area (Å²) in [5.41, 5.74) is 0.867. The highest BCUT2D eigenvalue weighted by Crippen LogP contribution is 2.22. The molecule has 25 heavy (non-hydrogen) atoms. The third kappa shape index (κ3) is 6.22. The fourth-order valence-electron chi connectivity index (χ4n) is 2.07. The number of methoxy groups -OCH3 is 1. The number of carbonyl (C=O) groups is 2. The van der Waals surface area contributed by atoms with Crippen LogP contribution in [0.5, 0.6) is 5.75 Å². The number of nitrogens with one attached hydrogen (secondary N) is 2. The van der Waals surface area contributed by atoms with Gasteiger partial charge >= 0.3 is 0 Å². The van der Waals surface area contributed by atoms with Crippen LogP contribution in [0.25, 0.3) is 0 Å². The molecule has 1 aliphatic heterocycles. The number of rotatable bonds is 8. The van der Waals surface area contributed by atoms with Crippen molar-refractivity contribution in [3.05, 3.63) is 29.8 Å². The lowest BCUT2D eigenvalue weighted by Crippen LogP contribution is -2.31. The molecule has 134 valence electrons. The summed E-state index contributed by atoms with van der Waals surface area (Å²) in [6.07, 6.45) is 3.68. The van der Waals surface area contributed by atoms with E-state index < -0.39 is 5.25 Å². The average Bonchev–Trinajstić information content (AvgIpc) is 2.95. The predicted octanol–water partition coefficient (Wildman–Crippen LogP) is 1.92. The highest BCUT2D eigenvalue weighted by molar-refractivity contribution is 8.15. The molecule has 0 aromatic heterocycles. The Labute approximate surface area is 151 Å². The number of amides is 2. The average molecular weight is 362 g/mol. The molecule has 0 radical (unpaired) electrons. The van der Waals surface area contributed by atoms with Crippen LogP contribution in [-0.2, 0) is 9.59 Å². The minimum atomic E-state index is -0.462. The van der Waals surface area contributed by atoms with E-state index in [4.69, 9.17) is 4.74 Å². The van der Waals surface area contributed by atoms with E-state index in [2.05, 4.69) is 27.8 Å². The second-order valence-electron chi connectivity index (χ2n) is 5.43. The Bertz CT molecular complexity index is 658. The van der Waals surface area contributed by atoms with E-state index in [9.17, 15) is 9.59 Å². The van der Waals surface area contributed by atoms with Gasteiger partial charge in [0.2, 0.25) is 11.8 Å². The van der Waals surface area contributed by atoms with Crippen molar-refractivity contribution >= 4 is 35.0 Å². The molecule has 1 fully saturated rings. The van der Waals surface area contributed by atoms with E-state index in [0.717, 1.165) is 24.2 Å². The van der Waals surface area contributed by atoms with Crippen molar-refractivity contribution in [3.63, 3.8) is 0 Å². The van der Waals surface area contributed by atoms with Crippen LogP contribution < -0.4 is 15.4 Å². The molecule has 2 N–H and O–H groups in total. The van der Waals surface area contributed by atoms with Crippen molar-refractivity contribution < 1.29 is 14.3 Å². The first-order valence-corrected chi connectivity index (χ1v) is 8.99. The second kappa shape index (κ2) is 9.83. The summed E-state index contributed by atoms with van der Waals surface area (Å²) in [5.74, 6) is 0.431. The van der Waals surface area contributed by atoms with E-state index in [1.165, 1.54) is 11.8 Å². The molecule has 1 atom stereocenters. The van der Waals surface area contributed by atoms with Gasteiger partial charge in [-0.3, -0.25) is 9.59 Å². The van der Waals surface area contributed by atoms with Gasteiger partial charge in [0.15, 0.2) is 5.17 Å². The van der Waals surface area contributed by atoms with Crippen LogP contribution in [-0.4, -0.2) is 42.1 Å².